The van der Waals surface area contributed by atoms with Crippen LogP contribution in [0, 0.1) is 5.82 Å². The Labute approximate surface area is 89.4 Å². The molecule has 3 heteroatoms. The van der Waals surface area contributed by atoms with E-state index < -0.39 is 0 Å². The van der Waals surface area contributed by atoms with Gasteiger partial charge in [-0.15, -0.1) is 0 Å². The predicted molar refractivity (Wildman–Crippen MR) is 57.3 cm³/mol. The summed E-state index contributed by atoms with van der Waals surface area (Å²) in [7, 11) is 0. The van der Waals surface area contributed by atoms with Crippen molar-refractivity contribution >= 4 is 0 Å². The summed E-state index contributed by atoms with van der Waals surface area (Å²) in [5.41, 5.74) is 1.12. The van der Waals surface area contributed by atoms with Crippen LogP contribution in [-0.4, -0.2) is 25.3 Å². The van der Waals surface area contributed by atoms with Crippen LogP contribution in [0.1, 0.15) is 12.5 Å². The first kappa shape index (κ1) is 10.6. The molecule has 1 aromatic rings. The topological polar surface area (TPSA) is 21.3 Å². The Morgan fingerprint density at radius 3 is 2.73 bits per heavy atom. The molecule has 1 heterocycles. The molecule has 1 unspecified atom stereocenters. The second-order valence-electron chi connectivity index (χ2n) is 4.34. The molecule has 0 spiro atoms. The van der Waals surface area contributed by atoms with Gasteiger partial charge in [0.25, 0.3) is 0 Å². The third-order valence-corrected chi connectivity index (χ3v) is 2.73. The fourth-order valence-electron chi connectivity index (χ4n) is 1.94. The van der Waals surface area contributed by atoms with E-state index in [1.807, 2.05) is 12.1 Å². The standard InChI is InChI=1S/C12H16FNO/c1-12(9-15-7-6-14-12)8-10-2-4-11(13)5-3-10/h2-5,14H,6-9H2,1H3. The van der Waals surface area contributed by atoms with Crippen LogP contribution < -0.4 is 5.32 Å². The SMILES string of the molecule is CC1(Cc2ccc(F)cc2)COCCN1. The van der Waals surface area contributed by atoms with Gasteiger partial charge in [-0.3, -0.25) is 0 Å². The summed E-state index contributed by atoms with van der Waals surface area (Å²) in [5.74, 6) is -0.184. The van der Waals surface area contributed by atoms with Crippen LogP contribution in [0.5, 0.6) is 0 Å². The van der Waals surface area contributed by atoms with Gasteiger partial charge in [-0.2, -0.15) is 0 Å². The molecule has 1 atom stereocenters. The summed E-state index contributed by atoms with van der Waals surface area (Å²) in [6.45, 7) is 4.51. The molecule has 0 saturated carbocycles. The van der Waals surface area contributed by atoms with Gasteiger partial charge < -0.3 is 10.1 Å². The Morgan fingerprint density at radius 2 is 2.13 bits per heavy atom. The number of halogens is 1. The largest absolute Gasteiger partial charge is 0.378 e. The summed E-state index contributed by atoms with van der Waals surface area (Å²) >= 11 is 0. The minimum atomic E-state index is -0.184. The van der Waals surface area contributed by atoms with Gasteiger partial charge in [0.1, 0.15) is 5.82 Å². The zero-order valence-corrected chi connectivity index (χ0v) is 8.92. The first-order valence-corrected chi connectivity index (χ1v) is 5.25. The average Bonchev–Trinajstić information content (AvgIpc) is 2.22. The van der Waals surface area contributed by atoms with Gasteiger partial charge in [0.05, 0.1) is 13.2 Å². The molecule has 2 nitrogen and oxygen atoms in total. The lowest BCUT2D eigenvalue weighted by Gasteiger charge is -2.35. The zero-order chi connectivity index (χ0) is 10.7. The molecule has 82 valence electrons. The molecule has 0 radical (unpaired) electrons. The van der Waals surface area contributed by atoms with Gasteiger partial charge in [0.15, 0.2) is 0 Å². The Morgan fingerprint density at radius 1 is 1.40 bits per heavy atom. The molecule has 1 fully saturated rings. The molecule has 0 bridgehead atoms. The van der Waals surface area contributed by atoms with E-state index in [0.717, 1.165) is 25.1 Å². The molecular formula is C12H16FNO. The third-order valence-electron chi connectivity index (χ3n) is 2.73. The molecule has 1 aliphatic heterocycles. The first-order valence-electron chi connectivity index (χ1n) is 5.25. The maximum Gasteiger partial charge on any atom is 0.123 e. The van der Waals surface area contributed by atoms with Crippen LogP contribution in [0.25, 0.3) is 0 Å². The van der Waals surface area contributed by atoms with Gasteiger partial charge in [-0.25, -0.2) is 4.39 Å². The van der Waals surface area contributed by atoms with Crippen LogP contribution >= 0.6 is 0 Å². The normalized spacial score (nSPS) is 26.5. The highest BCUT2D eigenvalue weighted by atomic mass is 19.1. The highest BCUT2D eigenvalue weighted by Gasteiger charge is 2.26. The third kappa shape index (κ3) is 2.76. The molecule has 0 aliphatic carbocycles. The Bertz CT molecular complexity index is 317. The molecule has 2 rings (SSSR count). The summed E-state index contributed by atoms with van der Waals surface area (Å²) in [5, 5.41) is 3.44. The molecule has 0 amide bonds. The van der Waals surface area contributed by atoms with E-state index in [1.165, 1.54) is 12.1 Å². The quantitative estimate of drug-likeness (QED) is 0.801. The molecule has 0 aromatic heterocycles. The summed E-state index contributed by atoms with van der Waals surface area (Å²) in [4.78, 5) is 0. The van der Waals surface area contributed by atoms with Crippen molar-refractivity contribution in [2.24, 2.45) is 0 Å². The number of morpholine rings is 1. The lowest BCUT2D eigenvalue weighted by molar-refractivity contribution is 0.0356. The number of hydrogen-bond acceptors (Lipinski definition) is 2. The molecule has 1 saturated heterocycles. The number of ether oxygens (including phenoxy) is 1. The van der Waals surface area contributed by atoms with Crippen LogP contribution in [0.3, 0.4) is 0 Å². The van der Waals surface area contributed by atoms with Crippen molar-refractivity contribution in [1.29, 1.82) is 0 Å². The van der Waals surface area contributed by atoms with Crippen molar-refractivity contribution < 1.29 is 9.13 Å². The van der Waals surface area contributed by atoms with Crippen LogP contribution in [0.2, 0.25) is 0 Å². The van der Waals surface area contributed by atoms with Crippen molar-refractivity contribution in [1.82, 2.24) is 5.32 Å². The Kier molecular flexibility index (Phi) is 3.03. The van der Waals surface area contributed by atoms with E-state index in [1.54, 1.807) is 0 Å². The van der Waals surface area contributed by atoms with Crippen molar-refractivity contribution in [2.45, 2.75) is 18.9 Å². The lowest BCUT2D eigenvalue weighted by Crippen LogP contribution is -2.53. The molecule has 1 N–H and O–H groups in total. The van der Waals surface area contributed by atoms with Crippen molar-refractivity contribution in [3.63, 3.8) is 0 Å². The van der Waals surface area contributed by atoms with E-state index in [-0.39, 0.29) is 11.4 Å². The van der Waals surface area contributed by atoms with Crippen molar-refractivity contribution in [3.8, 4) is 0 Å². The van der Waals surface area contributed by atoms with E-state index in [9.17, 15) is 4.39 Å². The van der Waals surface area contributed by atoms with Crippen molar-refractivity contribution in [2.75, 3.05) is 19.8 Å². The van der Waals surface area contributed by atoms with Gasteiger partial charge in [-0.1, -0.05) is 12.1 Å². The zero-order valence-electron chi connectivity index (χ0n) is 8.92. The van der Waals surface area contributed by atoms with Crippen LogP contribution in [0.15, 0.2) is 24.3 Å². The number of nitrogens with one attached hydrogen (secondary N) is 1. The van der Waals surface area contributed by atoms with Gasteiger partial charge >= 0.3 is 0 Å². The summed E-state index contributed by atoms with van der Waals surface area (Å²) in [6, 6.07) is 6.67. The van der Waals surface area contributed by atoms with E-state index in [2.05, 4.69) is 12.2 Å². The molecule has 1 aliphatic rings. The predicted octanol–water partition coefficient (Wildman–Crippen LogP) is 1.75. The molecule has 1 aromatic carbocycles. The summed E-state index contributed by atoms with van der Waals surface area (Å²) < 4.78 is 18.2. The van der Waals surface area contributed by atoms with Gasteiger partial charge in [0, 0.05) is 12.1 Å². The summed E-state index contributed by atoms with van der Waals surface area (Å²) in [6.07, 6.45) is 0.868. The van der Waals surface area contributed by atoms with E-state index in [4.69, 9.17) is 4.74 Å². The maximum atomic E-state index is 12.7. The Balaban J connectivity index is 2.03. The van der Waals surface area contributed by atoms with Crippen LogP contribution in [-0.2, 0) is 11.2 Å². The lowest BCUT2D eigenvalue weighted by atomic mass is 9.93. The highest BCUT2D eigenvalue weighted by molar-refractivity contribution is 5.19. The highest BCUT2D eigenvalue weighted by Crippen LogP contribution is 2.16. The number of hydrogen-bond donors (Lipinski definition) is 1. The first-order chi connectivity index (χ1) is 7.18. The van der Waals surface area contributed by atoms with Crippen molar-refractivity contribution in [3.05, 3.63) is 35.6 Å². The smallest absolute Gasteiger partial charge is 0.123 e. The number of rotatable bonds is 2. The number of benzene rings is 1. The maximum absolute atomic E-state index is 12.7. The van der Waals surface area contributed by atoms with Crippen LogP contribution in [0.4, 0.5) is 4.39 Å². The second-order valence-corrected chi connectivity index (χ2v) is 4.34. The van der Waals surface area contributed by atoms with E-state index in [0.29, 0.717) is 6.61 Å². The minimum Gasteiger partial charge on any atom is -0.378 e. The monoisotopic (exact) mass is 209 g/mol. The molecule has 15 heavy (non-hydrogen) atoms. The van der Waals surface area contributed by atoms with Gasteiger partial charge in [0.2, 0.25) is 0 Å². The average molecular weight is 209 g/mol. The fraction of sp³-hybridized carbons (Fsp3) is 0.500. The Hall–Kier alpha value is -0.930. The van der Waals surface area contributed by atoms with E-state index >= 15 is 0 Å². The fourth-order valence-corrected chi connectivity index (χ4v) is 1.94. The second kappa shape index (κ2) is 4.29. The van der Waals surface area contributed by atoms with Gasteiger partial charge in [-0.05, 0) is 31.0 Å². The minimum absolute atomic E-state index is 0.0178. The molecular weight excluding hydrogens is 193 g/mol.